The van der Waals surface area contributed by atoms with E-state index in [0.717, 1.165) is 23.0 Å². The lowest BCUT2D eigenvalue weighted by molar-refractivity contribution is -0.931. The Morgan fingerprint density at radius 1 is 0.923 bits per heavy atom. The molecule has 0 N–H and O–H groups in total. The molecule has 26 heavy (non-hydrogen) atoms. The molecule has 2 fully saturated rings. The predicted molar refractivity (Wildman–Crippen MR) is 106 cm³/mol. The van der Waals surface area contributed by atoms with Crippen molar-refractivity contribution in [3.8, 4) is 0 Å². The molecule has 1 nitrogen and oxygen atoms in total. The summed E-state index contributed by atoms with van der Waals surface area (Å²) in [6.07, 6.45) is 6.85. The number of halogens is 2. The van der Waals surface area contributed by atoms with Crippen LogP contribution >= 0.6 is 11.6 Å². The van der Waals surface area contributed by atoms with Crippen LogP contribution in [0.4, 0.5) is 0 Å². The third-order valence-electron chi connectivity index (χ3n) is 6.95. The van der Waals surface area contributed by atoms with Crippen LogP contribution in [0.1, 0.15) is 49.1 Å². The maximum Gasteiger partial charge on any atom is 0.0893 e. The number of hydrogen-bond donors (Lipinski definition) is 0. The first-order valence-electron chi connectivity index (χ1n) is 9.68. The van der Waals surface area contributed by atoms with Crippen LogP contribution < -0.4 is 24.0 Å². The van der Waals surface area contributed by atoms with Gasteiger partial charge >= 0.3 is 0 Å². The topological polar surface area (TPSA) is 0 Å². The van der Waals surface area contributed by atoms with Crippen LogP contribution in [0.3, 0.4) is 0 Å². The zero-order valence-corrected chi connectivity index (χ0v) is 18.7. The van der Waals surface area contributed by atoms with Crippen molar-refractivity contribution < 1.29 is 28.5 Å². The SMILES string of the molecule is C[N+]1(C)[C@@H]2CC[C@H]1C[C@@H](CC(c1ccccc1)c1cccc(Cl)c1)C2.[I-]. The molecule has 0 spiro atoms. The van der Waals surface area contributed by atoms with Gasteiger partial charge in [-0.1, -0.05) is 54.1 Å². The third kappa shape index (κ3) is 3.98. The summed E-state index contributed by atoms with van der Waals surface area (Å²) in [5.41, 5.74) is 2.79. The molecule has 1 unspecified atom stereocenters. The van der Waals surface area contributed by atoms with Crippen LogP contribution in [0.15, 0.2) is 54.6 Å². The van der Waals surface area contributed by atoms with Gasteiger partial charge in [0.2, 0.25) is 0 Å². The Labute approximate surface area is 180 Å². The number of hydrogen-bond acceptors (Lipinski definition) is 0. The number of quaternary nitrogens is 1. The first-order chi connectivity index (χ1) is 12.0. The molecule has 3 heteroatoms. The minimum atomic E-state index is 0. The van der Waals surface area contributed by atoms with Gasteiger partial charge in [-0.3, -0.25) is 0 Å². The van der Waals surface area contributed by atoms with Gasteiger partial charge in [0.15, 0.2) is 0 Å². The van der Waals surface area contributed by atoms with Crippen molar-refractivity contribution in [3.63, 3.8) is 0 Å². The summed E-state index contributed by atoms with van der Waals surface area (Å²) in [5, 5.41) is 0.847. The Morgan fingerprint density at radius 3 is 2.15 bits per heavy atom. The molecule has 0 amide bonds. The highest BCUT2D eigenvalue weighted by Crippen LogP contribution is 2.46. The van der Waals surface area contributed by atoms with E-state index in [4.69, 9.17) is 11.6 Å². The minimum Gasteiger partial charge on any atom is -1.00 e. The summed E-state index contributed by atoms with van der Waals surface area (Å²) in [6.45, 7) is 0. The molecule has 2 aromatic carbocycles. The molecule has 2 heterocycles. The van der Waals surface area contributed by atoms with Crippen LogP contribution in [-0.4, -0.2) is 30.7 Å². The molecule has 4 atom stereocenters. The van der Waals surface area contributed by atoms with Crippen LogP contribution in [0.5, 0.6) is 0 Å². The summed E-state index contributed by atoms with van der Waals surface area (Å²) in [4.78, 5) is 0. The fourth-order valence-electron chi connectivity index (χ4n) is 5.39. The van der Waals surface area contributed by atoms with Crippen molar-refractivity contribution in [2.75, 3.05) is 14.1 Å². The monoisotopic (exact) mass is 481 g/mol. The maximum absolute atomic E-state index is 6.31. The lowest BCUT2D eigenvalue weighted by Gasteiger charge is -2.45. The Hall–Kier alpha value is -0.580. The normalized spacial score (nSPS) is 27.6. The van der Waals surface area contributed by atoms with E-state index >= 15 is 0 Å². The summed E-state index contributed by atoms with van der Waals surface area (Å²) >= 11 is 6.31. The Kier molecular flexibility index (Phi) is 6.36. The van der Waals surface area contributed by atoms with Crippen LogP contribution in [0.2, 0.25) is 5.02 Å². The van der Waals surface area contributed by atoms with Gasteiger partial charge in [0.25, 0.3) is 0 Å². The van der Waals surface area contributed by atoms with Crippen molar-refractivity contribution in [3.05, 3.63) is 70.7 Å². The van der Waals surface area contributed by atoms with Gasteiger partial charge < -0.3 is 28.5 Å². The molecule has 0 radical (unpaired) electrons. The van der Waals surface area contributed by atoms with E-state index in [0.29, 0.717) is 5.92 Å². The minimum absolute atomic E-state index is 0. The summed E-state index contributed by atoms with van der Waals surface area (Å²) in [6, 6.07) is 21.2. The second-order valence-corrected chi connectivity index (χ2v) is 9.04. The lowest BCUT2D eigenvalue weighted by atomic mass is 9.78. The van der Waals surface area contributed by atoms with E-state index in [-0.39, 0.29) is 24.0 Å². The summed E-state index contributed by atoms with van der Waals surface area (Å²) < 4.78 is 1.25. The van der Waals surface area contributed by atoms with Crippen molar-refractivity contribution in [1.82, 2.24) is 0 Å². The van der Waals surface area contributed by atoms with Crippen molar-refractivity contribution >= 4 is 11.6 Å². The first kappa shape index (κ1) is 20.2. The van der Waals surface area contributed by atoms with Crippen LogP contribution in [0.25, 0.3) is 0 Å². The quantitative estimate of drug-likeness (QED) is 0.465. The Bertz CT molecular complexity index is 714. The second kappa shape index (κ2) is 8.20. The van der Waals surface area contributed by atoms with Gasteiger partial charge in [0.05, 0.1) is 26.2 Å². The molecule has 2 aliphatic heterocycles. The highest BCUT2D eigenvalue weighted by molar-refractivity contribution is 6.30. The summed E-state index contributed by atoms with van der Waals surface area (Å²) in [7, 11) is 4.90. The lowest BCUT2D eigenvalue weighted by Crippen LogP contribution is -3.00. The molecule has 0 aliphatic carbocycles. The van der Waals surface area contributed by atoms with Crippen molar-refractivity contribution in [2.24, 2.45) is 5.92 Å². The summed E-state index contributed by atoms with van der Waals surface area (Å²) in [5.74, 6) is 1.28. The van der Waals surface area contributed by atoms with Gasteiger partial charge in [-0.2, -0.15) is 0 Å². The smallest absolute Gasteiger partial charge is 0.0893 e. The van der Waals surface area contributed by atoms with Gasteiger partial charge in [-0.15, -0.1) is 0 Å². The van der Waals surface area contributed by atoms with Crippen LogP contribution in [0, 0.1) is 5.92 Å². The standard InChI is InChI=1S/C23H29ClN.HI/c1-25(2)21-11-12-22(25)14-17(13-21)15-23(18-7-4-3-5-8-18)19-9-6-10-20(24)16-19;/h3-10,16-17,21-23H,11-15H2,1-2H3;1H/q+1;/p-1/t17-,21+,22-,23?;. The average Bonchev–Trinajstić information content (AvgIpc) is 2.78. The molecular formula is C23H29ClIN. The third-order valence-corrected chi connectivity index (χ3v) is 7.18. The number of nitrogens with zero attached hydrogens (tertiary/aromatic N) is 1. The van der Waals surface area contributed by atoms with E-state index in [1.165, 1.54) is 47.7 Å². The van der Waals surface area contributed by atoms with Crippen molar-refractivity contribution in [2.45, 2.75) is 50.1 Å². The van der Waals surface area contributed by atoms with E-state index in [1.807, 2.05) is 6.07 Å². The highest BCUT2D eigenvalue weighted by Gasteiger charge is 2.48. The predicted octanol–water partition coefficient (Wildman–Crippen LogP) is 2.88. The zero-order valence-electron chi connectivity index (χ0n) is 15.7. The van der Waals surface area contributed by atoms with Crippen LogP contribution in [-0.2, 0) is 0 Å². The average molecular weight is 482 g/mol. The van der Waals surface area contributed by atoms with E-state index in [1.54, 1.807) is 0 Å². The molecule has 2 aromatic rings. The van der Waals surface area contributed by atoms with Crippen molar-refractivity contribution in [1.29, 1.82) is 0 Å². The van der Waals surface area contributed by atoms with Gasteiger partial charge in [0.1, 0.15) is 0 Å². The number of piperidine rings is 1. The Morgan fingerprint density at radius 2 is 1.54 bits per heavy atom. The van der Waals surface area contributed by atoms with E-state index < -0.39 is 0 Å². The molecule has 2 aliphatic rings. The zero-order chi connectivity index (χ0) is 17.4. The fraction of sp³-hybridized carbons (Fsp3) is 0.478. The Balaban J connectivity index is 0.00000196. The molecule has 2 bridgehead atoms. The number of fused-ring (bicyclic) bond motifs is 2. The number of rotatable bonds is 4. The maximum atomic E-state index is 6.31. The van der Waals surface area contributed by atoms with Gasteiger partial charge in [0, 0.05) is 36.6 Å². The van der Waals surface area contributed by atoms with Gasteiger partial charge in [-0.05, 0) is 35.6 Å². The second-order valence-electron chi connectivity index (χ2n) is 8.61. The molecule has 4 rings (SSSR count). The van der Waals surface area contributed by atoms with E-state index in [2.05, 4.69) is 62.6 Å². The molecule has 0 saturated carbocycles. The van der Waals surface area contributed by atoms with Gasteiger partial charge in [-0.25, -0.2) is 0 Å². The number of benzene rings is 2. The molecule has 140 valence electrons. The molecule has 0 aromatic heterocycles. The first-order valence-corrected chi connectivity index (χ1v) is 10.1. The largest absolute Gasteiger partial charge is 1.00 e. The molecular weight excluding hydrogens is 453 g/mol. The highest BCUT2D eigenvalue weighted by atomic mass is 127. The fourth-order valence-corrected chi connectivity index (χ4v) is 5.59. The van der Waals surface area contributed by atoms with E-state index in [9.17, 15) is 0 Å². The molecule has 2 saturated heterocycles.